The molecule has 5 heteroatoms. The van der Waals surface area contributed by atoms with Crippen LogP contribution in [0.3, 0.4) is 0 Å². The van der Waals surface area contributed by atoms with Crippen molar-refractivity contribution in [1.29, 1.82) is 0 Å². The number of nitrogens with one attached hydrogen (secondary N) is 1. The van der Waals surface area contributed by atoms with Crippen LogP contribution >= 0.6 is 0 Å². The molecule has 5 nitrogen and oxygen atoms in total. The average molecular weight is 372 g/mol. The molecule has 0 aliphatic carbocycles. The standard InChI is InChI=1S/C23H20N2O3/c1-3-27-18-11-8-16(9-12-18)22(26)24-17-10-13-21-20(14-17)25-23(28-21)19-7-5-4-6-15(19)2/h4-14H,3H2,1-2H3,(H,24,26). The molecule has 0 aliphatic rings. The molecule has 1 heterocycles. The molecule has 0 radical (unpaired) electrons. The van der Waals surface area contributed by atoms with Crippen molar-refractivity contribution in [3.63, 3.8) is 0 Å². The van der Waals surface area contributed by atoms with E-state index in [1.165, 1.54) is 0 Å². The Balaban J connectivity index is 1.56. The first kappa shape index (κ1) is 17.8. The van der Waals surface area contributed by atoms with Crippen molar-refractivity contribution in [1.82, 2.24) is 4.98 Å². The molecule has 140 valence electrons. The lowest BCUT2D eigenvalue weighted by molar-refractivity contribution is 0.102. The number of oxazole rings is 1. The van der Waals surface area contributed by atoms with Gasteiger partial charge >= 0.3 is 0 Å². The van der Waals surface area contributed by atoms with Crippen LogP contribution in [-0.2, 0) is 0 Å². The Bertz CT molecular complexity index is 1130. The summed E-state index contributed by atoms with van der Waals surface area (Å²) < 4.78 is 11.3. The number of aryl methyl sites for hydroxylation is 1. The molecule has 0 bridgehead atoms. The maximum Gasteiger partial charge on any atom is 0.255 e. The monoisotopic (exact) mass is 372 g/mol. The molecule has 0 fully saturated rings. The SMILES string of the molecule is CCOc1ccc(C(=O)Nc2ccc3oc(-c4ccccc4C)nc3c2)cc1. The highest BCUT2D eigenvalue weighted by molar-refractivity contribution is 6.05. The van der Waals surface area contributed by atoms with E-state index >= 15 is 0 Å². The lowest BCUT2D eigenvalue weighted by Crippen LogP contribution is -2.11. The quantitative estimate of drug-likeness (QED) is 0.506. The minimum absolute atomic E-state index is 0.190. The lowest BCUT2D eigenvalue weighted by Gasteiger charge is -2.06. The highest BCUT2D eigenvalue weighted by Gasteiger charge is 2.12. The van der Waals surface area contributed by atoms with Crippen LogP contribution in [0.1, 0.15) is 22.8 Å². The molecule has 28 heavy (non-hydrogen) atoms. The Morgan fingerprint density at radius 1 is 1.07 bits per heavy atom. The lowest BCUT2D eigenvalue weighted by atomic mass is 10.1. The van der Waals surface area contributed by atoms with Crippen molar-refractivity contribution < 1.29 is 13.9 Å². The maximum absolute atomic E-state index is 12.5. The van der Waals surface area contributed by atoms with Crippen molar-refractivity contribution in [2.24, 2.45) is 0 Å². The molecule has 0 aliphatic heterocycles. The number of nitrogens with zero attached hydrogens (tertiary/aromatic N) is 1. The second-order valence-corrected chi connectivity index (χ2v) is 6.43. The van der Waals surface area contributed by atoms with Crippen LogP contribution in [0, 0.1) is 6.92 Å². The normalized spacial score (nSPS) is 10.8. The van der Waals surface area contributed by atoms with Crippen LogP contribution in [-0.4, -0.2) is 17.5 Å². The topological polar surface area (TPSA) is 64.4 Å². The van der Waals surface area contributed by atoms with E-state index in [9.17, 15) is 4.79 Å². The summed E-state index contributed by atoms with van der Waals surface area (Å²) in [4.78, 5) is 17.1. The first-order valence-electron chi connectivity index (χ1n) is 9.15. The number of rotatable bonds is 5. The van der Waals surface area contributed by atoms with E-state index in [0.29, 0.717) is 34.8 Å². The highest BCUT2D eigenvalue weighted by atomic mass is 16.5. The van der Waals surface area contributed by atoms with E-state index in [0.717, 1.165) is 16.9 Å². The number of hydrogen-bond acceptors (Lipinski definition) is 4. The summed E-state index contributed by atoms with van der Waals surface area (Å²) in [6, 6.07) is 20.4. The van der Waals surface area contributed by atoms with Gasteiger partial charge in [0.2, 0.25) is 5.89 Å². The molecule has 4 rings (SSSR count). The molecule has 0 spiro atoms. The summed E-state index contributed by atoms with van der Waals surface area (Å²) in [6.07, 6.45) is 0. The van der Waals surface area contributed by atoms with Crippen molar-refractivity contribution in [3.05, 3.63) is 77.9 Å². The summed E-state index contributed by atoms with van der Waals surface area (Å²) in [7, 11) is 0. The second-order valence-electron chi connectivity index (χ2n) is 6.43. The van der Waals surface area contributed by atoms with Crippen LogP contribution in [0.4, 0.5) is 5.69 Å². The van der Waals surface area contributed by atoms with E-state index < -0.39 is 0 Å². The molecule has 0 atom stereocenters. The Kier molecular flexibility index (Phi) is 4.81. The molecule has 1 amide bonds. The largest absolute Gasteiger partial charge is 0.494 e. The smallest absolute Gasteiger partial charge is 0.255 e. The van der Waals surface area contributed by atoms with E-state index in [4.69, 9.17) is 9.15 Å². The molecule has 0 unspecified atom stereocenters. The number of carbonyl (C=O) groups excluding carboxylic acids is 1. The van der Waals surface area contributed by atoms with Gasteiger partial charge in [-0.25, -0.2) is 4.98 Å². The maximum atomic E-state index is 12.5. The number of anilines is 1. The number of hydrogen-bond donors (Lipinski definition) is 1. The van der Waals surface area contributed by atoms with Gasteiger partial charge in [0.15, 0.2) is 5.58 Å². The van der Waals surface area contributed by atoms with Gasteiger partial charge in [-0.1, -0.05) is 18.2 Å². The molecule has 4 aromatic rings. The molecular weight excluding hydrogens is 352 g/mol. The average Bonchev–Trinajstić information content (AvgIpc) is 3.12. The Labute approximate surface area is 163 Å². The number of ether oxygens (including phenoxy) is 1. The molecule has 0 saturated carbocycles. The zero-order valence-electron chi connectivity index (χ0n) is 15.7. The number of carbonyl (C=O) groups is 1. The third-order valence-corrected chi connectivity index (χ3v) is 4.45. The number of fused-ring (bicyclic) bond motifs is 1. The van der Waals surface area contributed by atoms with E-state index in [1.807, 2.05) is 56.3 Å². The zero-order valence-corrected chi connectivity index (χ0v) is 15.7. The summed E-state index contributed by atoms with van der Waals surface area (Å²) in [6.45, 7) is 4.53. The van der Waals surface area contributed by atoms with Gasteiger partial charge in [-0.15, -0.1) is 0 Å². The van der Waals surface area contributed by atoms with Gasteiger partial charge in [0, 0.05) is 16.8 Å². The van der Waals surface area contributed by atoms with Gasteiger partial charge in [0.05, 0.1) is 6.61 Å². The fourth-order valence-corrected chi connectivity index (χ4v) is 3.01. The molecular formula is C23H20N2O3. The van der Waals surface area contributed by atoms with Gasteiger partial charge in [0.1, 0.15) is 11.3 Å². The van der Waals surface area contributed by atoms with Crippen LogP contribution in [0.25, 0.3) is 22.6 Å². The van der Waals surface area contributed by atoms with Gasteiger partial charge < -0.3 is 14.5 Å². The Morgan fingerprint density at radius 3 is 2.61 bits per heavy atom. The predicted octanol–water partition coefficient (Wildman–Crippen LogP) is 5.45. The molecule has 3 aromatic carbocycles. The van der Waals surface area contributed by atoms with Crippen LogP contribution in [0.2, 0.25) is 0 Å². The number of aromatic nitrogens is 1. The first-order valence-corrected chi connectivity index (χ1v) is 9.15. The van der Waals surface area contributed by atoms with Gasteiger partial charge in [-0.05, 0) is 67.9 Å². The van der Waals surface area contributed by atoms with Crippen LogP contribution in [0.15, 0.2) is 71.1 Å². The second kappa shape index (κ2) is 7.56. The van der Waals surface area contributed by atoms with E-state index in [1.54, 1.807) is 24.3 Å². The van der Waals surface area contributed by atoms with Crippen LogP contribution in [0.5, 0.6) is 5.75 Å². The molecule has 0 saturated heterocycles. The summed E-state index contributed by atoms with van der Waals surface area (Å²) >= 11 is 0. The molecule has 1 aromatic heterocycles. The molecule has 1 N–H and O–H groups in total. The zero-order chi connectivity index (χ0) is 19.5. The fraction of sp³-hybridized carbons (Fsp3) is 0.130. The minimum atomic E-state index is -0.190. The number of benzene rings is 3. The number of amides is 1. The van der Waals surface area contributed by atoms with E-state index in [-0.39, 0.29) is 5.91 Å². The fourth-order valence-electron chi connectivity index (χ4n) is 3.01. The van der Waals surface area contributed by atoms with Crippen molar-refractivity contribution in [2.75, 3.05) is 11.9 Å². The summed E-state index contributed by atoms with van der Waals surface area (Å²) in [5, 5.41) is 2.90. The summed E-state index contributed by atoms with van der Waals surface area (Å²) in [5.74, 6) is 1.12. The van der Waals surface area contributed by atoms with Gasteiger partial charge in [-0.2, -0.15) is 0 Å². The Morgan fingerprint density at radius 2 is 1.86 bits per heavy atom. The van der Waals surface area contributed by atoms with Gasteiger partial charge in [0.25, 0.3) is 5.91 Å². The predicted molar refractivity (Wildman–Crippen MR) is 110 cm³/mol. The van der Waals surface area contributed by atoms with Crippen molar-refractivity contribution in [3.8, 4) is 17.2 Å². The van der Waals surface area contributed by atoms with E-state index in [2.05, 4.69) is 10.3 Å². The van der Waals surface area contributed by atoms with Crippen LogP contribution < -0.4 is 10.1 Å². The third-order valence-electron chi connectivity index (χ3n) is 4.45. The summed E-state index contributed by atoms with van der Waals surface area (Å²) in [5.41, 5.74) is 4.65. The first-order chi connectivity index (χ1) is 13.6. The van der Waals surface area contributed by atoms with Crippen molar-refractivity contribution >= 4 is 22.7 Å². The van der Waals surface area contributed by atoms with Crippen molar-refractivity contribution in [2.45, 2.75) is 13.8 Å². The minimum Gasteiger partial charge on any atom is -0.494 e. The van der Waals surface area contributed by atoms with Gasteiger partial charge in [-0.3, -0.25) is 4.79 Å². The third kappa shape index (κ3) is 3.60. The Hall–Kier alpha value is -3.60. The highest BCUT2D eigenvalue weighted by Crippen LogP contribution is 2.28.